The van der Waals surface area contributed by atoms with Crippen molar-refractivity contribution in [2.45, 2.75) is 96.2 Å². The molecule has 12 N–H and O–H groups in total. The van der Waals surface area contributed by atoms with Gasteiger partial charge in [-0.3, -0.25) is 38.4 Å². The first-order valence-electron chi connectivity index (χ1n) is 15.5. The van der Waals surface area contributed by atoms with Gasteiger partial charge in [-0.15, -0.1) is 0 Å². The van der Waals surface area contributed by atoms with E-state index >= 15 is 0 Å². The molecule has 0 spiro atoms. The van der Waals surface area contributed by atoms with Gasteiger partial charge >= 0.3 is 17.9 Å². The van der Waals surface area contributed by atoms with Crippen LogP contribution in [0.1, 0.15) is 53.9 Å². The van der Waals surface area contributed by atoms with Crippen molar-refractivity contribution in [1.29, 1.82) is 0 Å². The lowest BCUT2D eigenvalue weighted by Gasteiger charge is -2.27. The number of hydrogen-bond acceptors (Lipinski definition) is 12. The summed E-state index contributed by atoms with van der Waals surface area (Å²) in [6.45, 7) is 6.64. The summed E-state index contributed by atoms with van der Waals surface area (Å²) in [7, 11) is 0. The molecule has 0 aliphatic rings. The minimum absolute atomic E-state index is 0.0526. The van der Waals surface area contributed by atoms with Crippen LogP contribution in [0.15, 0.2) is 0 Å². The predicted octanol–water partition coefficient (Wildman–Crippen LogP) is -3.67. The zero-order valence-electron chi connectivity index (χ0n) is 28.7. The Kier molecular flexibility index (Phi) is 20.3. The zero-order valence-corrected chi connectivity index (χ0v) is 29.5. The van der Waals surface area contributed by atoms with E-state index in [-0.39, 0.29) is 18.1 Å². The number of aliphatic hydroxyl groups excluding tert-OH is 1. The summed E-state index contributed by atoms with van der Waals surface area (Å²) < 4.78 is 0. The zero-order chi connectivity index (χ0) is 38.9. The highest BCUT2D eigenvalue weighted by Crippen LogP contribution is 2.07. The first-order chi connectivity index (χ1) is 23.2. The fourth-order valence-corrected chi connectivity index (χ4v) is 4.50. The van der Waals surface area contributed by atoms with E-state index in [1.807, 2.05) is 5.32 Å². The van der Waals surface area contributed by atoms with Gasteiger partial charge in [0.25, 0.3) is 0 Å². The summed E-state index contributed by atoms with van der Waals surface area (Å²) in [5.74, 6) is -11.0. The Bertz CT molecular complexity index is 1250. The smallest absolute Gasteiger partial charge is 0.326 e. The predicted molar refractivity (Wildman–Crippen MR) is 177 cm³/mol. The normalized spacial score (nSPS) is 15.2. The van der Waals surface area contributed by atoms with Crippen LogP contribution >= 0.6 is 11.8 Å². The van der Waals surface area contributed by atoms with E-state index in [0.29, 0.717) is 0 Å². The molecule has 0 unspecified atom stereocenters. The molecule has 0 saturated carbocycles. The molecule has 50 heavy (non-hydrogen) atoms. The summed E-state index contributed by atoms with van der Waals surface area (Å²) in [6, 6.07) is -10.2. The molecule has 0 aliphatic carbocycles. The summed E-state index contributed by atoms with van der Waals surface area (Å²) in [5, 5.41) is 50.9. The monoisotopic (exact) mass is 735 g/mol. The Balaban J connectivity index is 5.88. The topological polar surface area (TPSA) is 333 Å². The first kappa shape index (κ1) is 45.5. The van der Waals surface area contributed by atoms with Crippen LogP contribution in [-0.4, -0.2) is 135 Å². The van der Waals surface area contributed by atoms with Crippen molar-refractivity contribution in [2.24, 2.45) is 17.6 Å². The van der Waals surface area contributed by atoms with Crippen LogP contribution in [0.2, 0.25) is 0 Å². The van der Waals surface area contributed by atoms with E-state index in [0.717, 1.165) is 0 Å². The molecule has 7 atom stereocenters. The van der Waals surface area contributed by atoms with Crippen molar-refractivity contribution in [3.8, 4) is 0 Å². The third-order valence-corrected chi connectivity index (χ3v) is 7.73. The lowest BCUT2D eigenvalue weighted by Crippen LogP contribution is -2.61. The molecule has 20 nitrogen and oxygen atoms in total. The van der Waals surface area contributed by atoms with Crippen molar-refractivity contribution >= 4 is 65.1 Å². The minimum Gasteiger partial charge on any atom is -0.481 e. The van der Waals surface area contributed by atoms with Crippen LogP contribution in [0, 0.1) is 11.8 Å². The summed E-state index contributed by atoms with van der Waals surface area (Å²) in [6.07, 6.45) is -0.214. The number of hydrogen-bond donors (Lipinski definition) is 11. The second-order valence-corrected chi connectivity index (χ2v) is 13.0. The standard InChI is InChI=1S/C29H49N7O13S/c1-12(2)21(30)27(46)31-14(5)23(42)33-16(9-19(38)39)25(44)32-15(7-8-50-6)24(43)35-18(11-37)26(45)36-22(13(3)4)28(47)34-17(29(48)49)10-20(40)41/h12-18,21-22,37H,7-11,30H2,1-6H3,(H,31,46)(H,32,44)(H,33,42)(H,34,47)(H,35,43)(H,36,45)(H,38,39)(H,40,41)(H,48,49)/t14-,15-,16-,17-,18-,21-,22-/m0/s1. The van der Waals surface area contributed by atoms with E-state index < -0.39 is 121 Å². The molecule has 6 amide bonds. The molecule has 284 valence electrons. The number of rotatable bonds is 23. The maximum absolute atomic E-state index is 13.3. The molecule has 0 aromatic carbocycles. The van der Waals surface area contributed by atoms with Crippen molar-refractivity contribution < 1.29 is 63.6 Å². The number of nitrogens with one attached hydrogen (secondary N) is 6. The largest absolute Gasteiger partial charge is 0.481 e. The van der Waals surface area contributed by atoms with Gasteiger partial charge in [-0.2, -0.15) is 11.8 Å². The Morgan fingerprint density at radius 2 is 1.04 bits per heavy atom. The summed E-state index contributed by atoms with van der Waals surface area (Å²) in [5.41, 5.74) is 5.78. The molecular weight excluding hydrogens is 686 g/mol. The molecule has 0 fully saturated rings. The Morgan fingerprint density at radius 3 is 1.50 bits per heavy atom. The lowest BCUT2D eigenvalue weighted by atomic mass is 10.0. The number of aliphatic carboxylic acids is 3. The van der Waals surface area contributed by atoms with Gasteiger partial charge in [-0.05, 0) is 37.2 Å². The number of nitrogens with two attached hydrogens (primary N) is 1. The Morgan fingerprint density at radius 1 is 0.580 bits per heavy atom. The highest BCUT2D eigenvalue weighted by atomic mass is 32.2. The second-order valence-electron chi connectivity index (χ2n) is 12.0. The fraction of sp³-hybridized carbons (Fsp3) is 0.690. The number of carbonyl (C=O) groups is 9. The van der Waals surface area contributed by atoms with Gasteiger partial charge in [0, 0.05) is 0 Å². The molecule has 0 saturated heterocycles. The van der Waals surface area contributed by atoms with Gasteiger partial charge in [0.2, 0.25) is 35.4 Å². The molecule has 0 radical (unpaired) electrons. The third kappa shape index (κ3) is 16.3. The van der Waals surface area contributed by atoms with Gasteiger partial charge in [-0.25, -0.2) is 4.79 Å². The molecule has 21 heteroatoms. The van der Waals surface area contributed by atoms with Crippen LogP contribution in [0.5, 0.6) is 0 Å². The van der Waals surface area contributed by atoms with Crippen molar-refractivity contribution in [3.05, 3.63) is 0 Å². The van der Waals surface area contributed by atoms with E-state index in [4.69, 9.17) is 10.8 Å². The van der Waals surface area contributed by atoms with Gasteiger partial charge in [-0.1, -0.05) is 27.7 Å². The van der Waals surface area contributed by atoms with Gasteiger partial charge in [0.05, 0.1) is 25.5 Å². The van der Waals surface area contributed by atoms with Crippen molar-refractivity contribution in [1.82, 2.24) is 31.9 Å². The average molecular weight is 736 g/mol. The highest BCUT2D eigenvalue weighted by Gasteiger charge is 2.34. The number of aliphatic hydroxyl groups is 1. The highest BCUT2D eigenvalue weighted by molar-refractivity contribution is 7.98. The quantitative estimate of drug-likeness (QED) is 0.0482. The van der Waals surface area contributed by atoms with Crippen LogP contribution < -0.4 is 37.6 Å². The SMILES string of the molecule is CSCC[C@H](NC(=O)[C@H](CC(=O)O)NC(=O)[C@H](C)NC(=O)[C@@H](N)C(C)C)C(=O)N[C@@H](CO)C(=O)N[C@H](C(=O)N[C@@H](CC(=O)O)C(=O)O)C(C)C. The fourth-order valence-electron chi connectivity index (χ4n) is 4.03. The van der Waals surface area contributed by atoms with Gasteiger partial charge in [0.1, 0.15) is 36.3 Å². The van der Waals surface area contributed by atoms with Crippen LogP contribution in [0.3, 0.4) is 0 Å². The molecule has 0 aromatic heterocycles. The molecule has 0 bridgehead atoms. The first-order valence-corrected chi connectivity index (χ1v) is 16.9. The molecule has 0 aromatic rings. The second kappa shape index (κ2) is 22.3. The maximum Gasteiger partial charge on any atom is 0.326 e. The van der Waals surface area contributed by atoms with E-state index in [9.17, 15) is 58.5 Å². The van der Waals surface area contributed by atoms with Crippen molar-refractivity contribution in [2.75, 3.05) is 18.6 Å². The molecule has 0 heterocycles. The van der Waals surface area contributed by atoms with E-state index in [2.05, 4.69) is 26.6 Å². The lowest BCUT2D eigenvalue weighted by molar-refractivity contribution is -0.147. The minimum atomic E-state index is -1.81. The number of thioether (sulfide) groups is 1. The Hall–Kier alpha value is -4.50. The maximum atomic E-state index is 13.3. The number of carboxylic acid groups (broad SMARTS) is 3. The van der Waals surface area contributed by atoms with Crippen LogP contribution in [0.25, 0.3) is 0 Å². The van der Waals surface area contributed by atoms with E-state index in [1.165, 1.54) is 32.5 Å². The van der Waals surface area contributed by atoms with Crippen molar-refractivity contribution in [3.63, 3.8) is 0 Å². The van der Waals surface area contributed by atoms with Crippen LogP contribution in [-0.2, 0) is 43.2 Å². The van der Waals surface area contributed by atoms with E-state index in [1.54, 1.807) is 20.1 Å². The number of amides is 6. The molecule has 0 aliphatic heterocycles. The van der Waals surface area contributed by atoms with Gasteiger partial charge in [0.15, 0.2) is 0 Å². The van der Waals surface area contributed by atoms with Crippen LogP contribution in [0.4, 0.5) is 0 Å². The average Bonchev–Trinajstić information content (AvgIpc) is 3.01. The Labute approximate surface area is 292 Å². The number of carbonyl (C=O) groups excluding carboxylic acids is 6. The summed E-state index contributed by atoms with van der Waals surface area (Å²) in [4.78, 5) is 111. The summed E-state index contributed by atoms with van der Waals surface area (Å²) >= 11 is 1.28. The van der Waals surface area contributed by atoms with Gasteiger partial charge < -0.3 is 58.1 Å². The molecular formula is C29H49N7O13S. The molecule has 0 rings (SSSR count). The third-order valence-electron chi connectivity index (χ3n) is 7.08. The number of carboxylic acids is 3.